The van der Waals surface area contributed by atoms with E-state index < -0.39 is 21.6 Å². The van der Waals surface area contributed by atoms with Crippen molar-refractivity contribution in [3.8, 4) is 11.4 Å². The molecular formula is C23H18F3N5O3S. The van der Waals surface area contributed by atoms with Crippen LogP contribution in [0.1, 0.15) is 34.9 Å². The molecule has 2 aromatic carbocycles. The molecule has 8 nitrogen and oxygen atoms in total. The number of benzene rings is 2. The molecule has 0 spiro atoms. The lowest BCUT2D eigenvalue weighted by Crippen LogP contribution is -2.18. The SMILES string of the molecule is O=S(=O)(Cc1ncccn1)c1ccc2c(c1)OCC[C@@H]2c1ccc(C(F)(F)F)cc1-n1ccnn1. The van der Waals surface area contributed by atoms with Gasteiger partial charge in [-0.2, -0.15) is 13.2 Å². The Balaban J connectivity index is 1.54. The Morgan fingerprint density at radius 3 is 2.51 bits per heavy atom. The Morgan fingerprint density at radius 2 is 1.80 bits per heavy atom. The number of nitrogens with zero attached hydrogens (tertiary/aromatic N) is 5. The van der Waals surface area contributed by atoms with Gasteiger partial charge in [0.1, 0.15) is 17.3 Å². The monoisotopic (exact) mass is 501 g/mol. The van der Waals surface area contributed by atoms with Crippen LogP contribution in [-0.2, 0) is 21.8 Å². The fourth-order valence-corrected chi connectivity index (χ4v) is 5.31. The van der Waals surface area contributed by atoms with Gasteiger partial charge < -0.3 is 4.74 Å². The maximum atomic E-state index is 13.4. The highest BCUT2D eigenvalue weighted by molar-refractivity contribution is 7.90. The molecule has 0 saturated heterocycles. The molecule has 180 valence electrons. The summed E-state index contributed by atoms with van der Waals surface area (Å²) in [6.07, 6.45) is 1.76. The summed E-state index contributed by atoms with van der Waals surface area (Å²) in [5.74, 6) is -0.174. The molecular weight excluding hydrogens is 483 g/mol. The van der Waals surface area contributed by atoms with Crippen molar-refractivity contribution in [1.82, 2.24) is 25.0 Å². The molecule has 1 atom stereocenters. The Hall–Kier alpha value is -3.80. The van der Waals surface area contributed by atoms with E-state index in [2.05, 4.69) is 20.3 Å². The highest BCUT2D eigenvalue weighted by atomic mass is 32.2. The predicted octanol–water partition coefficient (Wildman–Crippen LogP) is 3.96. The highest BCUT2D eigenvalue weighted by Crippen LogP contribution is 2.42. The molecule has 0 N–H and O–H groups in total. The molecule has 0 fully saturated rings. The molecule has 0 aliphatic carbocycles. The van der Waals surface area contributed by atoms with Crippen molar-refractivity contribution >= 4 is 9.84 Å². The third-order valence-electron chi connectivity index (χ3n) is 5.72. The molecule has 35 heavy (non-hydrogen) atoms. The van der Waals surface area contributed by atoms with Crippen LogP contribution in [-0.4, -0.2) is 40.0 Å². The quantitative estimate of drug-likeness (QED) is 0.408. The second kappa shape index (κ2) is 8.77. The Labute approximate surface area is 198 Å². The second-order valence-corrected chi connectivity index (χ2v) is 9.92. The predicted molar refractivity (Wildman–Crippen MR) is 118 cm³/mol. The minimum Gasteiger partial charge on any atom is -0.493 e. The molecule has 0 saturated carbocycles. The van der Waals surface area contributed by atoms with Crippen LogP contribution in [0.2, 0.25) is 0 Å². The van der Waals surface area contributed by atoms with Crippen molar-refractivity contribution in [3.05, 3.63) is 89.8 Å². The smallest absolute Gasteiger partial charge is 0.416 e. The van der Waals surface area contributed by atoms with Crippen molar-refractivity contribution in [1.29, 1.82) is 0 Å². The van der Waals surface area contributed by atoms with Crippen LogP contribution in [0.15, 0.2) is 72.1 Å². The van der Waals surface area contributed by atoms with Crippen molar-refractivity contribution < 1.29 is 26.3 Å². The Bertz CT molecular complexity index is 1460. The van der Waals surface area contributed by atoms with Gasteiger partial charge in [-0.05, 0) is 42.3 Å². The molecule has 0 radical (unpaired) electrons. The summed E-state index contributed by atoms with van der Waals surface area (Å²) < 4.78 is 73.1. The van der Waals surface area contributed by atoms with Crippen molar-refractivity contribution in [3.63, 3.8) is 0 Å². The molecule has 2 aromatic heterocycles. The van der Waals surface area contributed by atoms with E-state index >= 15 is 0 Å². The number of hydrogen-bond donors (Lipinski definition) is 0. The van der Waals surface area contributed by atoms with Crippen LogP contribution < -0.4 is 4.74 Å². The average Bonchev–Trinajstić information content (AvgIpc) is 3.38. The zero-order valence-corrected chi connectivity index (χ0v) is 18.9. The van der Waals surface area contributed by atoms with Crippen LogP contribution in [0, 0.1) is 0 Å². The van der Waals surface area contributed by atoms with Crippen LogP contribution in [0.5, 0.6) is 5.75 Å². The number of aromatic nitrogens is 5. The molecule has 4 aromatic rings. The first kappa shape index (κ1) is 23.0. The van der Waals surface area contributed by atoms with Crippen LogP contribution in [0.4, 0.5) is 13.2 Å². The van der Waals surface area contributed by atoms with Gasteiger partial charge in [-0.3, -0.25) is 0 Å². The van der Waals surface area contributed by atoms with E-state index in [9.17, 15) is 21.6 Å². The number of rotatable bonds is 5. The average molecular weight is 501 g/mol. The van der Waals surface area contributed by atoms with Gasteiger partial charge in [0, 0.05) is 23.9 Å². The summed E-state index contributed by atoms with van der Waals surface area (Å²) in [4.78, 5) is 7.99. The van der Waals surface area contributed by atoms with E-state index in [1.165, 1.54) is 47.7 Å². The van der Waals surface area contributed by atoms with Gasteiger partial charge in [-0.1, -0.05) is 17.3 Å². The lowest BCUT2D eigenvalue weighted by molar-refractivity contribution is -0.137. The largest absolute Gasteiger partial charge is 0.493 e. The van der Waals surface area contributed by atoms with Crippen molar-refractivity contribution in [2.45, 2.75) is 29.2 Å². The first-order valence-corrected chi connectivity index (χ1v) is 12.2. The van der Waals surface area contributed by atoms with Gasteiger partial charge in [0.15, 0.2) is 9.84 Å². The van der Waals surface area contributed by atoms with Gasteiger partial charge in [0.05, 0.1) is 35.1 Å². The number of hydrogen-bond acceptors (Lipinski definition) is 7. The zero-order chi connectivity index (χ0) is 24.6. The van der Waals surface area contributed by atoms with Crippen molar-refractivity contribution in [2.24, 2.45) is 0 Å². The topological polar surface area (TPSA) is 99.9 Å². The molecule has 0 amide bonds. The zero-order valence-electron chi connectivity index (χ0n) is 18.1. The number of sulfone groups is 1. The Kier molecular flexibility index (Phi) is 5.75. The maximum Gasteiger partial charge on any atom is 0.416 e. The standard InChI is InChI=1S/C23H18F3N5O3S/c24-23(25,26)15-2-4-18(20(12-15)31-10-9-29-30-31)17-6-11-34-21-13-16(3-5-19(17)21)35(32,33)14-22-27-7-1-8-28-22/h1-5,7-10,12-13,17H,6,11,14H2/t17-/m1/s1. The van der Waals surface area contributed by atoms with E-state index in [1.807, 2.05) is 0 Å². The van der Waals surface area contributed by atoms with E-state index in [0.29, 0.717) is 23.3 Å². The second-order valence-electron chi connectivity index (χ2n) is 7.93. The highest BCUT2D eigenvalue weighted by Gasteiger charge is 2.33. The van der Waals surface area contributed by atoms with Crippen LogP contribution >= 0.6 is 0 Å². The van der Waals surface area contributed by atoms with Gasteiger partial charge in [-0.15, -0.1) is 5.10 Å². The van der Waals surface area contributed by atoms with Gasteiger partial charge in [0.2, 0.25) is 0 Å². The summed E-state index contributed by atoms with van der Waals surface area (Å²) >= 11 is 0. The van der Waals surface area contributed by atoms with E-state index in [1.54, 1.807) is 12.1 Å². The van der Waals surface area contributed by atoms with Crippen LogP contribution in [0.25, 0.3) is 5.69 Å². The molecule has 0 unspecified atom stereocenters. The molecule has 3 heterocycles. The summed E-state index contributed by atoms with van der Waals surface area (Å²) in [5.41, 5.74) is 0.713. The molecule has 1 aliphatic heterocycles. The molecule has 0 bridgehead atoms. The third-order valence-corrected chi connectivity index (χ3v) is 7.33. The van der Waals surface area contributed by atoms with E-state index in [0.717, 1.165) is 12.1 Å². The first-order chi connectivity index (χ1) is 16.7. The lowest BCUT2D eigenvalue weighted by atomic mass is 9.85. The maximum absolute atomic E-state index is 13.4. The first-order valence-electron chi connectivity index (χ1n) is 10.6. The normalized spacial score (nSPS) is 15.9. The van der Waals surface area contributed by atoms with E-state index in [-0.39, 0.29) is 34.7 Å². The summed E-state index contributed by atoms with van der Waals surface area (Å²) in [6.45, 7) is 0.265. The minimum absolute atomic E-state index is 0.0493. The number of ether oxygens (including phenoxy) is 1. The van der Waals surface area contributed by atoms with Crippen molar-refractivity contribution in [2.75, 3.05) is 6.61 Å². The number of fused-ring (bicyclic) bond motifs is 1. The number of halogens is 3. The minimum atomic E-state index is -4.52. The summed E-state index contributed by atoms with van der Waals surface area (Å²) in [5, 5.41) is 7.61. The summed E-state index contributed by atoms with van der Waals surface area (Å²) in [7, 11) is -3.75. The molecule has 12 heteroatoms. The van der Waals surface area contributed by atoms with E-state index in [4.69, 9.17) is 4.74 Å². The fourth-order valence-electron chi connectivity index (χ4n) is 4.09. The molecule has 5 rings (SSSR count). The third kappa shape index (κ3) is 4.61. The fraction of sp³-hybridized carbons (Fsp3) is 0.217. The van der Waals surface area contributed by atoms with Gasteiger partial charge >= 0.3 is 6.18 Å². The van der Waals surface area contributed by atoms with Gasteiger partial charge in [-0.25, -0.2) is 23.1 Å². The lowest BCUT2D eigenvalue weighted by Gasteiger charge is -2.28. The number of alkyl halides is 3. The van der Waals surface area contributed by atoms with Gasteiger partial charge in [0.25, 0.3) is 0 Å². The van der Waals surface area contributed by atoms with Crippen LogP contribution in [0.3, 0.4) is 0 Å². The molecule has 1 aliphatic rings. The Morgan fingerprint density at radius 1 is 1.03 bits per heavy atom. The summed E-state index contributed by atoms with van der Waals surface area (Å²) in [6, 6.07) is 9.65.